The van der Waals surface area contributed by atoms with E-state index in [0.717, 1.165) is 52.5 Å². The van der Waals surface area contributed by atoms with E-state index < -0.39 is 0 Å². The lowest BCUT2D eigenvalue weighted by atomic mass is 10.0. The van der Waals surface area contributed by atoms with Crippen molar-refractivity contribution in [3.05, 3.63) is 42.0 Å². The number of rotatable bonds is 17. The van der Waals surface area contributed by atoms with Crippen LogP contribution in [-0.2, 0) is 25.4 Å². The first kappa shape index (κ1) is 25.2. The third-order valence-corrected chi connectivity index (χ3v) is 5.40. The average molecular weight is 458 g/mol. The Morgan fingerprint density at radius 1 is 0.848 bits per heavy atom. The van der Waals surface area contributed by atoms with Gasteiger partial charge in [0.2, 0.25) is 0 Å². The lowest BCUT2D eigenvalue weighted by Gasteiger charge is -2.09. The van der Waals surface area contributed by atoms with Crippen LogP contribution in [0.3, 0.4) is 0 Å². The number of benzene rings is 2. The first-order valence-electron chi connectivity index (χ1n) is 11.7. The fourth-order valence-corrected chi connectivity index (χ4v) is 3.68. The van der Waals surface area contributed by atoms with Gasteiger partial charge in [0, 0.05) is 42.4 Å². The van der Waals surface area contributed by atoms with Crippen molar-refractivity contribution in [2.75, 3.05) is 53.3 Å². The highest BCUT2D eigenvalue weighted by molar-refractivity contribution is 6.05. The number of carbonyl (C=O) groups is 1. The van der Waals surface area contributed by atoms with Crippen LogP contribution in [0.1, 0.15) is 31.2 Å². The monoisotopic (exact) mass is 457 g/mol. The molecule has 2 N–H and O–H groups in total. The molecule has 7 heteroatoms. The molecule has 0 aliphatic heterocycles. The predicted molar refractivity (Wildman–Crippen MR) is 129 cm³/mol. The molecule has 0 unspecified atom stereocenters. The van der Waals surface area contributed by atoms with E-state index >= 15 is 0 Å². The molecule has 0 amide bonds. The fourth-order valence-electron chi connectivity index (χ4n) is 3.68. The summed E-state index contributed by atoms with van der Waals surface area (Å²) in [7, 11) is 1.63. The standard InChI is InChI=1S/C26H35NO6/c1-29-25-19-23-22-8-2-3-9-24(22)33-26(23)18-20(25)17-21(28)7-4-5-11-30-13-15-32-16-14-31-12-6-10-27/h2-3,8-9,18-19H,4-7,10-17,27H2,1H3. The number of Topliss-reactive ketones (excluding diaryl/α,β-unsaturated/α-hetero) is 1. The van der Waals surface area contributed by atoms with Crippen LogP contribution < -0.4 is 10.5 Å². The summed E-state index contributed by atoms with van der Waals surface area (Å²) in [4.78, 5) is 12.5. The molecule has 3 rings (SSSR count). The average Bonchev–Trinajstić information content (AvgIpc) is 3.18. The quantitative estimate of drug-likeness (QED) is 0.303. The molecule has 2 aromatic carbocycles. The Labute approximate surface area is 195 Å². The van der Waals surface area contributed by atoms with Crippen molar-refractivity contribution < 1.29 is 28.2 Å². The molecule has 0 radical (unpaired) electrons. The molecule has 33 heavy (non-hydrogen) atoms. The largest absolute Gasteiger partial charge is 0.496 e. The van der Waals surface area contributed by atoms with Crippen LogP contribution in [0.25, 0.3) is 21.9 Å². The third kappa shape index (κ3) is 7.82. The zero-order valence-electron chi connectivity index (χ0n) is 19.5. The minimum absolute atomic E-state index is 0.182. The number of para-hydroxylation sites is 1. The van der Waals surface area contributed by atoms with Gasteiger partial charge in [0.05, 0.1) is 33.5 Å². The summed E-state index contributed by atoms with van der Waals surface area (Å²) >= 11 is 0. The summed E-state index contributed by atoms with van der Waals surface area (Å²) in [5.41, 5.74) is 7.86. The summed E-state index contributed by atoms with van der Waals surface area (Å²) in [6, 6.07) is 11.8. The number of carbonyl (C=O) groups excluding carboxylic acids is 1. The van der Waals surface area contributed by atoms with Crippen LogP contribution in [0.2, 0.25) is 0 Å². The SMILES string of the molecule is COc1cc2c(cc1CC(=O)CCCCOCCOCCOCCCN)oc1ccccc12. The van der Waals surface area contributed by atoms with E-state index in [2.05, 4.69) is 0 Å². The molecular formula is C26H35NO6. The Balaban J connectivity index is 1.33. The molecule has 7 nitrogen and oxygen atoms in total. The number of ether oxygens (including phenoxy) is 4. The number of furan rings is 1. The Bertz CT molecular complexity index is 999. The van der Waals surface area contributed by atoms with E-state index in [0.29, 0.717) is 59.0 Å². The number of fused-ring (bicyclic) bond motifs is 3. The minimum atomic E-state index is 0.182. The Morgan fingerprint density at radius 2 is 1.55 bits per heavy atom. The normalized spacial score (nSPS) is 11.5. The summed E-state index contributed by atoms with van der Waals surface area (Å²) in [6.07, 6.45) is 3.35. The number of unbranched alkanes of at least 4 members (excludes halogenated alkanes) is 1. The first-order chi connectivity index (χ1) is 16.2. The predicted octanol–water partition coefficient (Wildman–Crippen LogP) is 4.28. The van der Waals surface area contributed by atoms with Crippen molar-refractivity contribution in [1.29, 1.82) is 0 Å². The summed E-state index contributed by atoms with van der Waals surface area (Å²) < 4.78 is 27.9. The second kappa shape index (κ2) is 14.0. The molecule has 0 aliphatic rings. The topological polar surface area (TPSA) is 93.2 Å². The molecule has 3 aromatic rings. The molecule has 0 aliphatic carbocycles. The van der Waals surface area contributed by atoms with Crippen LogP contribution in [0.5, 0.6) is 5.75 Å². The van der Waals surface area contributed by atoms with Crippen LogP contribution in [-0.4, -0.2) is 59.1 Å². The van der Waals surface area contributed by atoms with Gasteiger partial charge in [0.1, 0.15) is 22.7 Å². The van der Waals surface area contributed by atoms with E-state index in [4.69, 9.17) is 29.1 Å². The van der Waals surface area contributed by atoms with Gasteiger partial charge in [-0.15, -0.1) is 0 Å². The number of hydrogen-bond donors (Lipinski definition) is 1. The van der Waals surface area contributed by atoms with Crippen LogP contribution in [0.15, 0.2) is 40.8 Å². The van der Waals surface area contributed by atoms with Crippen molar-refractivity contribution in [2.45, 2.75) is 32.1 Å². The van der Waals surface area contributed by atoms with E-state index in [9.17, 15) is 4.79 Å². The van der Waals surface area contributed by atoms with E-state index in [-0.39, 0.29) is 5.78 Å². The maximum Gasteiger partial charge on any atom is 0.137 e. The molecule has 0 saturated carbocycles. The van der Waals surface area contributed by atoms with Crippen LogP contribution >= 0.6 is 0 Å². The zero-order valence-corrected chi connectivity index (χ0v) is 19.5. The van der Waals surface area contributed by atoms with Crippen molar-refractivity contribution in [2.24, 2.45) is 5.73 Å². The Morgan fingerprint density at radius 3 is 2.27 bits per heavy atom. The Kier molecular flexibility index (Phi) is 10.6. The number of hydrogen-bond acceptors (Lipinski definition) is 7. The highest BCUT2D eigenvalue weighted by Gasteiger charge is 2.14. The van der Waals surface area contributed by atoms with Crippen molar-refractivity contribution in [3.63, 3.8) is 0 Å². The maximum absolute atomic E-state index is 12.5. The van der Waals surface area contributed by atoms with Gasteiger partial charge in [-0.25, -0.2) is 0 Å². The van der Waals surface area contributed by atoms with Gasteiger partial charge >= 0.3 is 0 Å². The van der Waals surface area contributed by atoms with Crippen molar-refractivity contribution >= 4 is 27.7 Å². The summed E-state index contributed by atoms with van der Waals surface area (Å²) in [5, 5.41) is 2.05. The van der Waals surface area contributed by atoms with Crippen molar-refractivity contribution in [1.82, 2.24) is 0 Å². The first-order valence-corrected chi connectivity index (χ1v) is 11.7. The second-order valence-corrected chi connectivity index (χ2v) is 7.91. The van der Waals surface area contributed by atoms with Crippen LogP contribution in [0.4, 0.5) is 0 Å². The number of methoxy groups -OCH3 is 1. The van der Waals surface area contributed by atoms with Crippen molar-refractivity contribution in [3.8, 4) is 5.75 Å². The van der Waals surface area contributed by atoms with Gasteiger partial charge in [-0.1, -0.05) is 18.2 Å². The van der Waals surface area contributed by atoms with Gasteiger partial charge in [0.25, 0.3) is 0 Å². The number of ketones is 1. The van der Waals surface area contributed by atoms with E-state index in [1.54, 1.807) is 7.11 Å². The highest BCUT2D eigenvalue weighted by atomic mass is 16.5. The summed E-state index contributed by atoms with van der Waals surface area (Å²) in [5.74, 6) is 0.900. The van der Waals surface area contributed by atoms with Gasteiger partial charge in [0.15, 0.2) is 0 Å². The third-order valence-electron chi connectivity index (χ3n) is 5.40. The molecule has 180 valence electrons. The summed E-state index contributed by atoms with van der Waals surface area (Å²) in [6.45, 7) is 4.18. The van der Waals surface area contributed by atoms with Crippen LogP contribution in [0, 0.1) is 0 Å². The van der Waals surface area contributed by atoms with Gasteiger partial charge in [-0.3, -0.25) is 4.79 Å². The minimum Gasteiger partial charge on any atom is -0.496 e. The van der Waals surface area contributed by atoms with E-state index in [1.807, 2.05) is 36.4 Å². The molecular weight excluding hydrogens is 422 g/mol. The van der Waals surface area contributed by atoms with Gasteiger partial charge < -0.3 is 29.1 Å². The van der Waals surface area contributed by atoms with Gasteiger partial charge in [-0.2, -0.15) is 0 Å². The maximum atomic E-state index is 12.5. The second-order valence-electron chi connectivity index (χ2n) is 7.91. The smallest absolute Gasteiger partial charge is 0.137 e. The molecule has 0 fully saturated rings. The molecule has 0 bridgehead atoms. The molecule has 1 aromatic heterocycles. The lowest BCUT2D eigenvalue weighted by molar-refractivity contribution is -0.118. The molecule has 0 saturated heterocycles. The van der Waals surface area contributed by atoms with E-state index in [1.165, 1.54) is 0 Å². The molecule has 1 heterocycles. The Hall–Kier alpha value is -2.45. The van der Waals surface area contributed by atoms with Gasteiger partial charge in [-0.05, 0) is 44.0 Å². The fraction of sp³-hybridized carbons (Fsp3) is 0.500. The highest BCUT2D eigenvalue weighted by Crippen LogP contribution is 2.34. The molecule has 0 atom stereocenters. The zero-order chi connectivity index (χ0) is 23.3. The lowest BCUT2D eigenvalue weighted by Crippen LogP contribution is -2.11. The molecule has 0 spiro atoms. The number of nitrogens with two attached hydrogens (primary N) is 1.